The van der Waals surface area contributed by atoms with Crippen molar-refractivity contribution in [1.82, 2.24) is 15.3 Å². The molecule has 0 amide bonds. The Kier molecular flexibility index (Phi) is 6.43. The molecule has 2 rings (SSSR count). The van der Waals surface area contributed by atoms with Gasteiger partial charge >= 0.3 is 0 Å². The first-order chi connectivity index (χ1) is 10.2. The second kappa shape index (κ2) is 8.32. The fraction of sp³-hybridized carbons (Fsp3) is 0.765. The van der Waals surface area contributed by atoms with Crippen molar-refractivity contribution in [2.45, 2.75) is 77.9 Å². The van der Waals surface area contributed by atoms with Crippen molar-refractivity contribution in [2.24, 2.45) is 0 Å². The Balaban J connectivity index is 2.09. The molecule has 0 unspecified atom stereocenters. The summed E-state index contributed by atoms with van der Waals surface area (Å²) in [6.07, 6.45) is 9.56. The van der Waals surface area contributed by atoms with Gasteiger partial charge in [-0.25, -0.2) is 9.97 Å². The standard InChI is InChI=1S/C17H29N3O/c1-4-10-18-11-15-16(12-19-17(20-15)13(2)3)21-14-8-6-5-7-9-14/h12-14,18H,4-11H2,1-3H3. The van der Waals surface area contributed by atoms with Gasteiger partial charge in [0.1, 0.15) is 5.82 Å². The summed E-state index contributed by atoms with van der Waals surface area (Å²) in [4.78, 5) is 9.18. The molecule has 0 saturated heterocycles. The molecule has 118 valence electrons. The SMILES string of the molecule is CCCNCc1nc(C(C)C)ncc1OC1CCCCC1. The highest BCUT2D eigenvalue weighted by Crippen LogP contribution is 2.25. The molecule has 1 aromatic heterocycles. The third kappa shape index (κ3) is 4.95. The van der Waals surface area contributed by atoms with E-state index < -0.39 is 0 Å². The van der Waals surface area contributed by atoms with Gasteiger partial charge in [0.2, 0.25) is 0 Å². The summed E-state index contributed by atoms with van der Waals surface area (Å²) in [5.74, 6) is 2.12. The lowest BCUT2D eigenvalue weighted by molar-refractivity contribution is 0.151. The van der Waals surface area contributed by atoms with Crippen molar-refractivity contribution in [3.63, 3.8) is 0 Å². The Labute approximate surface area is 128 Å². The van der Waals surface area contributed by atoms with E-state index in [0.29, 0.717) is 12.0 Å². The van der Waals surface area contributed by atoms with E-state index in [-0.39, 0.29) is 0 Å². The van der Waals surface area contributed by atoms with Crippen LogP contribution < -0.4 is 10.1 Å². The summed E-state index contributed by atoms with van der Waals surface area (Å²) < 4.78 is 6.19. The number of nitrogens with one attached hydrogen (secondary N) is 1. The summed E-state index contributed by atoms with van der Waals surface area (Å²) in [6.45, 7) is 8.19. The van der Waals surface area contributed by atoms with Crippen LogP contribution in [-0.2, 0) is 6.54 Å². The first kappa shape index (κ1) is 16.2. The lowest BCUT2D eigenvalue weighted by Gasteiger charge is -2.24. The summed E-state index contributed by atoms with van der Waals surface area (Å²) in [5.41, 5.74) is 1.01. The zero-order chi connectivity index (χ0) is 15.1. The van der Waals surface area contributed by atoms with E-state index in [2.05, 4.69) is 31.1 Å². The van der Waals surface area contributed by atoms with Crippen LogP contribution in [0.5, 0.6) is 5.75 Å². The van der Waals surface area contributed by atoms with Crippen molar-refractivity contribution in [3.05, 3.63) is 17.7 Å². The number of rotatable bonds is 7. The second-order valence-corrected chi connectivity index (χ2v) is 6.25. The first-order valence-corrected chi connectivity index (χ1v) is 8.44. The lowest BCUT2D eigenvalue weighted by atomic mass is 9.98. The molecule has 1 aromatic rings. The quantitative estimate of drug-likeness (QED) is 0.776. The maximum Gasteiger partial charge on any atom is 0.160 e. The third-order valence-corrected chi connectivity index (χ3v) is 3.93. The van der Waals surface area contributed by atoms with Crippen molar-refractivity contribution in [1.29, 1.82) is 0 Å². The molecule has 0 atom stereocenters. The van der Waals surface area contributed by atoms with Crippen LogP contribution in [0.4, 0.5) is 0 Å². The minimum absolute atomic E-state index is 0.345. The minimum Gasteiger partial charge on any atom is -0.487 e. The molecule has 1 saturated carbocycles. The van der Waals surface area contributed by atoms with Gasteiger partial charge in [-0.2, -0.15) is 0 Å². The van der Waals surface area contributed by atoms with Crippen molar-refractivity contribution in [2.75, 3.05) is 6.54 Å². The molecule has 1 N–H and O–H groups in total. The van der Waals surface area contributed by atoms with Gasteiger partial charge in [-0.05, 0) is 38.6 Å². The van der Waals surface area contributed by atoms with Gasteiger partial charge in [-0.1, -0.05) is 27.2 Å². The maximum absolute atomic E-state index is 6.19. The van der Waals surface area contributed by atoms with Crippen LogP contribution in [0.25, 0.3) is 0 Å². The zero-order valence-electron chi connectivity index (χ0n) is 13.7. The molecule has 0 bridgehead atoms. The highest BCUT2D eigenvalue weighted by Gasteiger charge is 2.18. The molecule has 0 aromatic carbocycles. The number of aromatic nitrogens is 2. The number of hydrogen-bond donors (Lipinski definition) is 1. The van der Waals surface area contributed by atoms with E-state index >= 15 is 0 Å². The maximum atomic E-state index is 6.19. The smallest absolute Gasteiger partial charge is 0.160 e. The predicted molar refractivity (Wildman–Crippen MR) is 85.6 cm³/mol. The van der Waals surface area contributed by atoms with Crippen LogP contribution in [0, 0.1) is 0 Å². The normalized spacial score (nSPS) is 16.4. The molecule has 1 heterocycles. The molecule has 0 spiro atoms. The van der Waals surface area contributed by atoms with E-state index in [4.69, 9.17) is 9.72 Å². The van der Waals surface area contributed by atoms with Crippen molar-refractivity contribution in [3.8, 4) is 5.75 Å². The number of nitrogens with zero attached hydrogens (tertiary/aromatic N) is 2. The molecule has 4 heteroatoms. The van der Waals surface area contributed by atoms with E-state index in [9.17, 15) is 0 Å². The molecular formula is C17H29N3O. The average Bonchev–Trinajstić information content (AvgIpc) is 2.50. The Hall–Kier alpha value is -1.16. The summed E-state index contributed by atoms with van der Waals surface area (Å²) in [7, 11) is 0. The van der Waals surface area contributed by atoms with Gasteiger partial charge in [0.25, 0.3) is 0 Å². The van der Waals surface area contributed by atoms with Crippen molar-refractivity contribution >= 4 is 0 Å². The Morgan fingerprint density at radius 1 is 1.29 bits per heavy atom. The Bertz CT molecular complexity index is 428. The molecule has 1 aliphatic rings. The van der Waals surface area contributed by atoms with Gasteiger partial charge in [-0.3, -0.25) is 0 Å². The Morgan fingerprint density at radius 3 is 2.71 bits per heavy atom. The molecule has 1 fully saturated rings. The van der Waals surface area contributed by atoms with Crippen LogP contribution in [0.1, 0.15) is 76.7 Å². The molecule has 21 heavy (non-hydrogen) atoms. The van der Waals surface area contributed by atoms with E-state index in [0.717, 1.165) is 49.6 Å². The van der Waals surface area contributed by atoms with E-state index in [1.807, 2.05) is 6.20 Å². The molecule has 0 aliphatic heterocycles. The van der Waals surface area contributed by atoms with Gasteiger partial charge < -0.3 is 10.1 Å². The largest absolute Gasteiger partial charge is 0.487 e. The highest BCUT2D eigenvalue weighted by atomic mass is 16.5. The fourth-order valence-corrected chi connectivity index (χ4v) is 2.67. The molecule has 4 nitrogen and oxygen atoms in total. The predicted octanol–water partition coefficient (Wildman–Crippen LogP) is 3.81. The summed E-state index contributed by atoms with van der Waals surface area (Å²) >= 11 is 0. The van der Waals surface area contributed by atoms with Crippen LogP contribution in [0.2, 0.25) is 0 Å². The first-order valence-electron chi connectivity index (χ1n) is 8.44. The average molecular weight is 291 g/mol. The van der Waals surface area contributed by atoms with Crippen molar-refractivity contribution < 1.29 is 4.74 Å². The van der Waals surface area contributed by atoms with Crippen LogP contribution in [0.3, 0.4) is 0 Å². The lowest BCUT2D eigenvalue weighted by Crippen LogP contribution is -2.23. The van der Waals surface area contributed by atoms with E-state index in [1.54, 1.807) is 0 Å². The van der Waals surface area contributed by atoms with Gasteiger partial charge in [-0.15, -0.1) is 0 Å². The third-order valence-electron chi connectivity index (χ3n) is 3.93. The van der Waals surface area contributed by atoms with Crippen LogP contribution in [0.15, 0.2) is 6.20 Å². The van der Waals surface area contributed by atoms with E-state index in [1.165, 1.54) is 19.3 Å². The topological polar surface area (TPSA) is 47.0 Å². The zero-order valence-corrected chi connectivity index (χ0v) is 13.7. The van der Waals surface area contributed by atoms with Gasteiger partial charge in [0, 0.05) is 12.5 Å². The number of hydrogen-bond acceptors (Lipinski definition) is 4. The molecule has 1 aliphatic carbocycles. The molecule has 0 radical (unpaired) electrons. The van der Waals surface area contributed by atoms with Gasteiger partial charge in [0.05, 0.1) is 18.0 Å². The summed E-state index contributed by atoms with van der Waals surface area (Å²) in [5, 5.41) is 3.42. The minimum atomic E-state index is 0.345. The second-order valence-electron chi connectivity index (χ2n) is 6.25. The highest BCUT2D eigenvalue weighted by molar-refractivity contribution is 5.25. The Morgan fingerprint density at radius 2 is 2.05 bits per heavy atom. The summed E-state index contributed by atoms with van der Waals surface area (Å²) in [6, 6.07) is 0. The monoisotopic (exact) mass is 291 g/mol. The molecular weight excluding hydrogens is 262 g/mol. The number of ether oxygens (including phenoxy) is 1. The van der Waals surface area contributed by atoms with Crippen LogP contribution in [-0.4, -0.2) is 22.6 Å². The fourth-order valence-electron chi connectivity index (χ4n) is 2.67. The van der Waals surface area contributed by atoms with Gasteiger partial charge in [0.15, 0.2) is 5.75 Å². The van der Waals surface area contributed by atoms with Crippen LogP contribution >= 0.6 is 0 Å².